The largest absolute Gasteiger partial charge is 0.496 e. The van der Waals surface area contributed by atoms with Gasteiger partial charge in [-0.3, -0.25) is 9.80 Å². The van der Waals surface area contributed by atoms with Gasteiger partial charge in [0.15, 0.2) is 11.5 Å². The summed E-state index contributed by atoms with van der Waals surface area (Å²) in [5.41, 5.74) is 6.70. The summed E-state index contributed by atoms with van der Waals surface area (Å²) in [6.45, 7) is 8.58. The van der Waals surface area contributed by atoms with Crippen molar-refractivity contribution in [3.05, 3.63) is 88.5 Å². The molecule has 6 heteroatoms. The number of hydrogen-bond donors (Lipinski definition) is 0. The zero-order valence-electron chi connectivity index (χ0n) is 24.0. The van der Waals surface area contributed by atoms with Crippen molar-refractivity contribution in [1.29, 1.82) is 0 Å². The molecule has 0 radical (unpaired) electrons. The molecule has 2 heterocycles. The molecule has 0 bridgehead atoms. The van der Waals surface area contributed by atoms with E-state index < -0.39 is 0 Å². The Kier molecular flexibility index (Phi) is 8.75. The smallest absolute Gasteiger partial charge is 0.161 e. The number of hydrogen-bond acceptors (Lipinski definition) is 6. The van der Waals surface area contributed by atoms with E-state index in [9.17, 15) is 0 Å². The lowest BCUT2D eigenvalue weighted by Crippen LogP contribution is -2.45. The molecule has 0 saturated heterocycles. The third kappa shape index (κ3) is 5.93. The summed E-state index contributed by atoms with van der Waals surface area (Å²) in [5.74, 6) is 2.97. The highest BCUT2D eigenvalue weighted by Gasteiger charge is 2.32. The van der Waals surface area contributed by atoms with Gasteiger partial charge in [0.2, 0.25) is 0 Å². The van der Waals surface area contributed by atoms with Gasteiger partial charge in [-0.2, -0.15) is 0 Å². The predicted octanol–water partition coefficient (Wildman–Crippen LogP) is 5.87. The molecule has 0 amide bonds. The number of ether oxygens (including phenoxy) is 4. The molecule has 0 aliphatic carbocycles. The second-order valence-electron chi connectivity index (χ2n) is 11.0. The van der Waals surface area contributed by atoms with Crippen LogP contribution in [0.1, 0.15) is 47.7 Å². The minimum atomic E-state index is 0.269. The summed E-state index contributed by atoms with van der Waals surface area (Å²) in [4.78, 5) is 5.03. The number of para-hydroxylation sites is 1. The topological polar surface area (TPSA) is 43.4 Å². The molecule has 3 aromatic carbocycles. The van der Waals surface area contributed by atoms with Gasteiger partial charge in [-0.15, -0.1) is 0 Å². The Morgan fingerprint density at radius 3 is 2.23 bits per heavy atom. The molecule has 2 aliphatic rings. The van der Waals surface area contributed by atoms with Gasteiger partial charge in [-0.1, -0.05) is 56.3 Å². The van der Waals surface area contributed by atoms with Crippen molar-refractivity contribution in [2.75, 3.05) is 41.2 Å². The maximum absolute atomic E-state index is 6.55. The lowest BCUT2D eigenvalue weighted by Gasteiger charge is -2.41. The standard InChI is InChI=1S/C33H42N2O4/c1-23(2)33-29-18-32(38-5)31(37-4)17-25(29)14-15-34(33)22-39-21-28-16-24-10-6-7-11-26(24)19-35(28)20-27-12-8-9-13-30(27)36-3/h6-13,17-18,23,28,33H,14-16,19-22H2,1-5H3. The van der Waals surface area contributed by atoms with Crippen molar-refractivity contribution < 1.29 is 18.9 Å². The Labute approximate surface area is 233 Å². The van der Waals surface area contributed by atoms with Gasteiger partial charge in [0, 0.05) is 37.3 Å². The van der Waals surface area contributed by atoms with Crippen LogP contribution in [0.25, 0.3) is 0 Å². The fourth-order valence-corrected chi connectivity index (χ4v) is 6.30. The monoisotopic (exact) mass is 530 g/mol. The Bertz CT molecular complexity index is 1260. The summed E-state index contributed by atoms with van der Waals surface area (Å²) in [6.07, 6.45) is 1.96. The average molecular weight is 531 g/mol. The van der Waals surface area contributed by atoms with Gasteiger partial charge >= 0.3 is 0 Å². The van der Waals surface area contributed by atoms with E-state index in [1.165, 1.54) is 27.8 Å². The average Bonchev–Trinajstić information content (AvgIpc) is 2.96. The fourth-order valence-electron chi connectivity index (χ4n) is 6.30. The first-order valence-corrected chi connectivity index (χ1v) is 14.0. The zero-order chi connectivity index (χ0) is 27.4. The number of rotatable bonds is 10. The lowest BCUT2D eigenvalue weighted by molar-refractivity contribution is -0.0376. The van der Waals surface area contributed by atoms with Crippen molar-refractivity contribution in [3.8, 4) is 17.2 Å². The first kappa shape index (κ1) is 27.5. The second-order valence-corrected chi connectivity index (χ2v) is 11.0. The molecule has 0 aromatic heterocycles. The predicted molar refractivity (Wildman–Crippen MR) is 155 cm³/mol. The van der Waals surface area contributed by atoms with Crippen LogP contribution < -0.4 is 14.2 Å². The summed E-state index contributed by atoms with van der Waals surface area (Å²) >= 11 is 0. The van der Waals surface area contributed by atoms with Gasteiger partial charge in [-0.25, -0.2) is 0 Å². The number of nitrogens with zero attached hydrogens (tertiary/aromatic N) is 2. The second kappa shape index (κ2) is 12.4. The molecule has 3 aromatic rings. The summed E-state index contributed by atoms with van der Waals surface area (Å²) < 4.78 is 23.4. The number of methoxy groups -OCH3 is 3. The Morgan fingerprint density at radius 2 is 1.49 bits per heavy atom. The van der Waals surface area contributed by atoms with E-state index in [1.807, 2.05) is 12.1 Å². The van der Waals surface area contributed by atoms with E-state index in [1.54, 1.807) is 21.3 Å². The Balaban J connectivity index is 1.31. The summed E-state index contributed by atoms with van der Waals surface area (Å²) in [5, 5.41) is 0. The molecule has 0 spiro atoms. The highest BCUT2D eigenvalue weighted by Crippen LogP contribution is 2.41. The van der Waals surface area contributed by atoms with Crippen LogP contribution in [0.3, 0.4) is 0 Å². The molecule has 208 valence electrons. The van der Waals surface area contributed by atoms with E-state index in [2.05, 4.69) is 72.2 Å². The molecule has 0 N–H and O–H groups in total. The van der Waals surface area contributed by atoms with Crippen LogP contribution in [0.15, 0.2) is 60.7 Å². The van der Waals surface area contributed by atoms with Crippen molar-refractivity contribution >= 4 is 0 Å². The highest BCUT2D eigenvalue weighted by atomic mass is 16.5. The van der Waals surface area contributed by atoms with Crippen LogP contribution in [-0.4, -0.2) is 57.1 Å². The van der Waals surface area contributed by atoms with E-state index >= 15 is 0 Å². The van der Waals surface area contributed by atoms with Crippen LogP contribution in [-0.2, 0) is 30.7 Å². The molecular weight excluding hydrogens is 488 g/mol. The normalized spacial score (nSPS) is 19.4. The quantitative estimate of drug-likeness (QED) is 0.327. The van der Waals surface area contributed by atoms with Gasteiger partial charge in [0.25, 0.3) is 0 Å². The highest BCUT2D eigenvalue weighted by molar-refractivity contribution is 5.49. The van der Waals surface area contributed by atoms with Crippen LogP contribution in [0.2, 0.25) is 0 Å². The summed E-state index contributed by atoms with van der Waals surface area (Å²) in [7, 11) is 5.16. The third-order valence-corrected chi connectivity index (χ3v) is 8.25. The van der Waals surface area contributed by atoms with Gasteiger partial charge in [-0.05, 0) is 59.2 Å². The molecule has 0 fully saturated rings. The molecule has 5 rings (SSSR count). The van der Waals surface area contributed by atoms with Gasteiger partial charge in [0.05, 0.1) is 34.7 Å². The van der Waals surface area contributed by atoms with Crippen molar-refractivity contribution in [1.82, 2.24) is 9.80 Å². The molecular formula is C33H42N2O4. The van der Waals surface area contributed by atoms with Gasteiger partial charge in [0.1, 0.15) is 5.75 Å². The Morgan fingerprint density at radius 1 is 0.795 bits per heavy atom. The molecule has 2 unspecified atom stereocenters. The number of benzene rings is 3. The van der Waals surface area contributed by atoms with E-state index in [4.69, 9.17) is 18.9 Å². The third-order valence-electron chi connectivity index (χ3n) is 8.25. The minimum Gasteiger partial charge on any atom is -0.496 e. The van der Waals surface area contributed by atoms with Crippen molar-refractivity contribution in [2.24, 2.45) is 5.92 Å². The Hall–Kier alpha value is -3.06. The summed E-state index contributed by atoms with van der Waals surface area (Å²) in [6, 6.07) is 22.0. The SMILES string of the molecule is COc1ccccc1CN1Cc2ccccc2CC1COCN1CCc2cc(OC)c(OC)cc2C1C(C)C. The molecule has 39 heavy (non-hydrogen) atoms. The first-order valence-electron chi connectivity index (χ1n) is 14.0. The van der Waals surface area contributed by atoms with Crippen LogP contribution in [0.4, 0.5) is 0 Å². The van der Waals surface area contributed by atoms with Crippen LogP contribution >= 0.6 is 0 Å². The maximum Gasteiger partial charge on any atom is 0.161 e. The number of fused-ring (bicyclic) bond motifs is 2. The van der Waals surface area contributed by atoms with Crippen LogP contribution in [0, 0.1) is 5.92 Å². The first-order chi connectivity index (χ1) is 19.0. The van der Waals surface area contributed by atoms with Crippen LogP contribution in [0.5, 0.6) is 17.2 Å². The van der Waals surface area contributed by atoms with Crippen molar-refractivity contribution in [3.63, 3.8) is 0 Å². The lowest BCUT2D eigenvalue weighted by atomic mass is 9.86. The zero-order valence-corrected chi connectivity index (χ0v) is 24.0. The van der Waals surface area contributed by atoms with E-state index in [0.717, 1.165) is 49.7 Å². The molecule has 0 saturated carbocycles. The molecule has 6 nitrogen and oxygen atoms in total. The van der Waals surface area contributed by atoms with E-state index in [-0.39, 0.29) is 6.04 Å². The molecule has 2 aliphatic heterocycles. The van der Waals surface area contributed by atoms with Gasteiger partial charge < -0.3 is 18.9 Å². The van der Waals surface area contributed by atoms with E-state index in [0.29, 0.717) is 25.3 Å². The molecule has 2 atom stereocenters. The van der Waals surface area contributed by atoms with Crippen molar-refractivity contribution in [2.45, 2.75) is 51.9 Å². The maximum atomic E-state index is 6.55. The fraction of sp³-hybridized carbons (Fsp3) is 0.455. The minimum absolute atomic E-state index is 0.269.